The Bertz CT molecular complexity index is 255. The molecule has 0 aromatic carbocycles. The van der Waals surface area contributed by atoms with Gasteiger partial charge in [0.25, 0.3) is 0 Å². The predicted molar refractivity (Wildman–Crippen MR) is 46.6 cm³/mol. The Labute approximate surface area is 72.0 Å². The maximum atomic E-state index is 9.64. The summed E-state index contributed by atoms with van der Waals surface area (Å²) in [6.45, 7) is 1.96. The Balaban J connectivity index is 2.70. The summed E-state index contributed by atoms with van der Waals surface area (Å²) in [4.78, 5) is 4.10. The SMILES string of the molecule is Cn1ccnc1CC(C)(O)CN. The number of aliphatic hydroxyl groups is 1. The summed E-state index contributed by atoms with van der Waals surface area (Å²) in [5, 5.41) is 9.64. The van der Waals surface area contributed by atoms with Gasteiger partial charge in [-0.25, -0.2) is 4.98 Å². The quantitative estimate of drug-likeness (QED) is 0.651. The van der Waals surface area contributed by atoms with Crippen LogP contribution in [0.2, 0.25) is 0 Å². The fourth-order valence-electron chi connectivity index (χ4n) is 0.980. The predicted octanol–water partition coefficient (Wildman–Crippen LogP) is -0.328. The zero-order valence-corrected chi connectivity index (χ0v) is 7.49. The lowest BCUT2D eigenvalue weighted by atomic mass is 10.0. The van der Waals surface area contributed by atoms with Crippen LogP contribution in [-0.2, 0) is 13.5 Å². The van der Waals surface area contributed by atoms with E-state index in [1.54, 1.807) is 13.1 Å². The van der Waals surface area contributed by atoms with E-state index in [1.807, 2.05) is 17.8 Å². The second kappa shape index (κ2) is 3.25. The molecular weight excluding hydrogens is 154 g/mol. The van der Waals surface area contributed by atoms with Gasteiger partial charge in [-0.05, 0) is 6.92 Å². The summed E-state index contributed by atoms with van der Waals surface area (Å²) in [6, 6.07) is 0. The molecule has 1 aromatic heterocycles. The molecule has 3 N–H and O–H groups in total. The van der Waals surface area contributed by atoms with Crippen molar-refractivity contribution in [2.75, 3.05) is 6.54 Å². The van der Waals surface area contributed by atoms with E-state index >= 15 is 0 Å². The molecule has 68 valence electrons. The van der Waals surface area contributed by atoms with Crippen molar-refractivity contribution >= 4 is 0 Å². The highest BCUT2D eigenvalue weighted by atomic mass is 16.3. The third-order valence-electron chi connectivity index (χ3n) is 1.90. The smallest absolute Gasteiger partial charge is 0.111 e. The average Bonchev–Trinajstić information content (AvgIpc) is 2.36. The molecule has 0 aliphatic heterocycles. The minimum Gasteiger partial charge on any atom is -0.388 e. The van der Waals surface area contributed by atoms with E-state index in [2.05, 4.69) is 4.98 Å². The van der Waals surface area contributed by atoms with Crippen LogP contribution >= 0.6 is 0 Å². The van der Waals surface area contributed by atoms with Crippen LogP contribution in [-0.4, -0.2) is 26.8 Å². The molecule has 0 bridgehead atoms. The number of rotatable bonds is 3. The van der Waals surface area contributed by atoms with Gasteiger partial charge in [0.1, 0.15) is 5.82 Å². The van der Waals surface area contributed by atoms with Gasteiger partial charge in [-0.2, -0.15) is 0 Å². The largest absolute Gasteiger partial charge is 0.388 e. The fraction of sp³-hybridized carbons (Fsp3) is 0.625. The number of hydrogen-bond donors (Lipinski definition) is 2. The van der Waals surface area contributed by atoms with E-state index in [-0.39, 0.29) is 6.54 Å². The van der Waals surface area contributed by atoms with Gasteiger partial charge in [0.2, 0.25) is 0 Å². The van der Waals surface area contributed by atoms with E-state index in [9.17, 15) is 5.11 Å². The molecule has 0 aliphatic rings. The maximum Gasteiger partial charge on any atom is 0.111 e. The van der Waals surface area contributed by atoms with Crippen LogP contribution in [0.3, 0.4) is 0 Å². The molecule has 0 spiro atoms. The van der Waals surface area contributed by atoms with Gasteiger partial charge in [0, 0.05) is 32.4 Å². The molecule has 0 saturated heterocycles. The molecule has 0 aliphatic carbocycles. The average molecular weight is 169 g/mol. The van der Waals surface area contributed by atoms with Crippen LogP contribution in [0.4, 0.5) is 0 Å². The zero-order chi connectivity index (χ0) is 9.19. The van der Waals surface area contributed by atoms with Crippen LogP contribution < -0.4 is 5.73 Å². The van der Waals surface area contributed by atoms with Gasteiger partial charge in [-0.3, -0.25) is 0 Å². The second-order valence-corrected chi connectivity index (χ2v) is 3.33. The van der Waals surface area contributed by atoms with Gasteiger partial charge < -0.3 is 15.4 Å². The van der Waals surface area contributed by atoms with Crippen LogP contribution in [0, 0.1) is 0 Å². The summed E-state index contributed by atoms with van der Waals surface area (Å²) in [5.74, 6) is 0.852. The lowest BCUT2D eigenvalue weighted by Crippen LogP contribution is -2.37. The molecule has 1 rings (SSSR count). The molecule has 4 nitrogen and oxygen atoms in total. The number of aryl methyl sites for hydroxylation is 1. The zero-order valence-electron chi connectivity index (χ0n) is 7.49. The summed E-state index contributed by atoms with van der Waals surface area (Å²) >= 11 is 0. The van der Waals surface area contributed by atoms with Crippen molar-refractivity contribution in [1.82, 2.24) is 9.55 Å². The van der Waals surface area contributed by atoms with Crippen molar-refractivity contribution in [3.8, 4) is 0 Å². The first kappa shape index (κ1) is 9.22. The van der Waals surface area contributed by atoms with E-state index in [0.29, 0.717) is 6.42 Å². The molecule has 1 unspecified atom stereocenters. The molecule has 12 heavy (non-hydrogen) atoms. The first-order valence-electron chi connectivity index (χ1n) is 3.94. The van der Waals surface area contributed by atoms with Crippen molar-refractivity contribution in [3.63, 3.8) is 0 Å². The highest BCUT2D eigenvalue weighted by Crippen LogP contribution is 2.08. The minimum atomic E-state index is -0.848. The Morgan fingerprint density at radius 2 is 2.42 bits per heavy atom. The number of hydrogen-bond acceptors (Lipinski definition) is 3. The maximum absolute atomic E-state index is 9.64. The van der Waals surface area contributed by atoms with Gasteiger partial charge in [-0.1, -0.05) is 0 Å². The van der Waals surface area contributed by atoms with E-state index < -0.39 is 5.60 Å². The third kappa shape index (κ3) is 2.06. The Morgan fingerprint density at radius 1 is 1.75 bits per heavy atom. The monoisotopic (exact) mass is 169 g/mol. The summed E-state index contributed by atoms with van der Waals surface area (Å²) in [7, 11) is 1.90. The normalized spacial score (nSPS) is 16.0. The van der Waals surface area contributed by atoms with Crippen molar-refractivity contribution in [3.05, 3.63) is 18.2 Å². The first-order valence-corrected chi connectivity index (χ1v) is 3.94. The lowest BCUT2D eigenvalue weighted by molar-refractivity contribution is 0.0668. The Kier molecular flexibility index (Phi) is 2.49. The van der Waals surface area contributed by atoms with Crippen molar-refractivity contribution in [2.24, 2.45) is 12.8 Å². The van der Waals surface area contributed by atoms with Crippen LogP contribution in [0.15, 0.2) is 12.4 Å². The van der Waals surface area contributed by atoms with Gasteiger partial charge in [-0.15, -0.1) is 0 Å². The highest BCUT2D eigenvalue weighted by molar-refractivity contribution is 4.96. The Morgan fingerprint density at radius 3 is 2.83 bits per heavy atom. The minimum absolute atomic E-state index is 0.250. The number of nitrogens with two attached hydrogens (primary N) is 1. The molecule has 4 heteroatoms. The number of aromatic nitrogens is 2. The lowest BCUT2D eigenvalue weighted by Gasteiger charge is -2.20. The van der Waals surface area contributed by atoms with Crippen LogP contribution in [0.25, 0.3) is 0 Å². The standard InChI is InChI=1S/C8H15N3O/c1-8(12,6-9)5-7-10-3-4-11(7)2/h3-4,12H,5-6,9H2,1-2H3. The van der Waals surface area contributed by atoms with E-state index in [0.717, 1.165) is 5.82 Å². The first-order chi connectivity index (χ1) is 5.55. The van der Waals surface area contributed by atoms with E-state index in [1.165, 1.54) is 0 Å². The third-order valence-corrected chi connectivity index (χ3v) is 1.90. The summed E-state index contributed by atoms with van der Waals surface area (Å²) in [5.41, 5.74) is 4.54. The molecule has 1 heterocycles. The van der Waals surface area contributed by atoms with Crippen molar-refractivity contribution in [1.29, 1.82) is 0 Å². The molecule has 0 radical (unpaired) electrons. The van der Waals surface area contributed by atoms with Gasteiger partial charge >= 0.3 is 0 Å². The Hall–Kier alpha value is -0.870. The summed E-state index contributed by atoms with van der Waals surface area (Å²) in [6.07, 6.45) is 4.05. The molecular formula is C8H15N3O. The van der Waals surface area contributed by atoms with Gasteiger partial charge in [0.15, 0.2) is 0 Å². The van der Waals surface area contributed by atoms with Crippen molar-refractivity contribution < 1.29 is 5.11 Å². The van der Waals surface area contributed by atoms with Crippen LogP contribution in [0.1, 0.15) is 12.7 Å². The van der Waals surface area contributed by atoms with E-state index in [4.69, 9.17) is 5.73 Å². The molecule has 1 aromatic rings. The summed E-state index contributed by atoms with van der Waals surface area (Å²) < 4.78 is 1.88. The fourth-order valence-corrected chi connectivity index (χ4v) is 0.980. The molecule has 1 atom stereocenters. The van der Waals surface area contributed by atoms with Crippen LogP contribution in [0.5, 0.6) is 0 Å². The topological polar surface area (TPSA) is 64.1 Å². The number of nitrogens with zero attached hydrogens (tertiary/aromatic N) is 2. The number of imidazole rings is 1. The van der Waals surface area contributed by atoms with Gasteiger partial charge in [0.05, 0.1) is 5.60 Å². The highest BCUT2D eigenvalue weighted by Gasteiger charge is 2.20. The molecule has 0 amide bonds. The molecule has 0 fully saturated rings. The molecule has 0 saturated carbocycles. The van der Waals surface area contributed by atoms with Crippen molar-refractivity contribution in [2.45, 2.75) is 18.9 Å². The second-order valence-electron chi connectivity index (χ2n) is 3.33.